The monoisotopic (exact) mass is 324 g/mol. The molecule has 114 valence electrons. The van der Waals surface area contributed by atoms with Gasteiger partial charge in [0.25, 0.3) is 0 Å². The highest BCUT2D eigenvalue weighted by molar-refractivity contribution is 7.13. The van der Waals surface area contributed by atoms with Crippen molar-refractivity contribution < 1.29 is 14.0 Å². The van der Waals surface area contributed by atoms with Crippen LogP contribution in [0.4, 0.5) is 4.39 Å². The maximum Gasteiger partial charge on any atom is 0.234 e. The summed E-state index contributed by atoms with van der Waals surface area (Å²) in [6.45, 7) is 1.61. The number of halogens is 1. The summed E-state index contributed by atoms with van der Waals surface area (Å²) in [6, 6.07) is 14.8. The molecule has 0 radical (unpaired) electrons. The van der Waals surface area contributed by atoms with E-state index in [-0.39, 0.29) is 5.56 Å². The molecule has 4 heteroatoms. The highest BCUT2D eigenvalue weighted by Gasteiger charge is 2.22. The van der Waals surface area contributed by atoms with E-state index in [1.54, 1.807) is 19.1 Å². The van der Waals surface area contributed by atoms with Crippen molar-refractivity contribution >= 4 is 22.9 Å². The molecule has 0 aliphatic heterocycles. The van der Waals surface area contributed by atoms with E-state index < -0.39 is 17.4 Å². The number of rotatable bonds is 4. The van der Waals surface area contributed by atoms with E-state index in [9.17, 15) is 14.0 Å². The van der Waals surface area contributed by atoms with Gasteiger partial charge in [-0.15, -0.1) is 11.3 Å². The summed E-state index contributed by atoms with van der Waals surface area (Å²) in [5.74, 6) is -1.82. The summed E-state index contributed by atoms with van der Waals surface area (Å²) >= 11 is 1.50. The molecular formula is C19H13FO2S. The Morgan fingerprint density at radius 2 is 1.74 bits per heavy atom. The molecule has 0 bridgehead atoms. The first kappa shape index (κ1) is 15.3. The van der Waals surface area contributed by atoms with Crippen molar-refractivity contribution in [3.8, 4) is 10.4 Å². The summed E-state index contributed by atoms with van der Waals surface area (Å²) in [4.78, 5) is 25.9. The molecule has 3 aromatic rings. The van der Waals surface area contributed by atoms with E-state index in [0.29, 0.717) is 16.7 Å². The Morgan fingerprint density at radius 3 is 2.43 bits per heavy atom. The lowest BCUT2D eigenvalue weighted by molar-refractivity contribution is 0.0817. The van der Waals surface area contributed by atoms with Crippen LogP contribution in [0.3, 0.4) is 0 Å². The number of aryl methyl sites for hydroxylation is 1. The Morgan fingerprint density at radius 1 is 0.957 bits per heavy atom. The molecule has 0 unspecified atom stereocenters. The lowest BCUT2D eigenvalue weighted by atomic mass is 9.96. The van der Waals surface area contributed by atoms with Gasteiger partial charge >= 0.3 is 0 Å². The number of hydrogen-bond acceptors (Lipinski definition) is 3. The predicted octanol–water partition coefficient (Wildman–Crippen LogP) is 4.93. The van der Waals surface area contributed by atoms with Crippen LogP contribution in [0.15, 0.2) is 60.0 Å². The van der Waals surface area contributed by atoms with Crippen LogP contribution in [0, 0.1) is 12.7 Å². The Balaban J connectivity index is 2.01. The molecule has 0 saturated heterocycles. The quantitative estimate of drug-likeness (QED) is 0.504. The predicted molar refractivity (Wildman–Crippen MR) is 89.6 cm³/mol. The second-order valence-corrected chi connectivity index (χ2v) is 6.09. The molecule has 1 aromatic heterocycles. The molecule has 0 N–H and O–H groups in total. The maximum atomic E-state index is 13.6. The van der Waals surface area contributed by atoms with Gasteiger partial charge in [-0.2, -0.15) is 0 Å². The van der Waals surface area contributed by atoms with Crippen molar-refractivity contribution in [2.45, 2.75) is 6.92 Å². The Labute approximate surface area is 137 Å². The van der Waals surface area contributed by atoms with Gasteiger partial charge in [0.1, 0.15) is 5.82 Å². The van der Waals surface area contributed by atoms with E-state index in [0.717, 1.165) is 10.9 Å². The maximum absolute atomic E-state index is 13.6. The van der Waals surface area contributed by atoms with Crippen LogP contribution < -0.4 is 0 Å². The third-order valence-corrected chi connectivity index (χ3v) is 4.50. The minimum absolute atomic E-state index is 0.0686. The van der Waals surface area contributed by atoms with Crippen molar-refractivity contribution in [3.63, 3.8) is 0 Å². The largest absolute Gasteiger partial charge is 0.285 e. The van der Waals surface area contributed by atoms with E-state index in [4.69, 9.17) is 0 Å². The van der Waals surface area contributed by atoms with Crippen LogP contribution in [-0.2, 0) is 0 Å². The Hall–Kier alpha value is -2.59. The number of carbonyl (C=O) groups is 2. The van der Waals surface area contributed by atoms with Crippen LogP contribution in [0.25, 0.3) is 10.4 Å². The highest BCUT2D eigenvalue weighted by atomic mass is 32.1. The summed E-state index contributed by atoms with van der Waals surface area (Å²) < 4.78 is 13.6. The van der Waals surface area contributed by atoms with Gasteiger partial charge in [-0.05, 0) is 30.0 Å². The second kappa shape index (κ2) is 6.26. The number of hydrogen-bond donors (Lipinski definition) is 0. The summed E-state index contributed by atoms with van der Waals surface area (Å²) in [7, 11) is 0. The van der Waals surface area contributed by atoms with Crippen LogP contribution in [0.2, 0.25) is 0 Å². The molecule has 1 heterocycles. The van der Waals surface area contributed by atoms with Crippen molar-refractivity contribution in [1.29, 1.82) is 0 Å². The normalized spacial score (nSPS) is 10.5. The number of Topliss-reactive ketones (excluding diaryl/α,β-unsaturated/α-hetero) is 2. The van der Waals surface area contributed by atoms with Crippen LogP contribution in [-0.4, -0.2) is 11.6 Å². The number of thiophene rings is 1. The average molecular weight is 324 g/mol. The number of ketones is 2. The first-order chi connectivity index (χ1) is 11.1. The molecule has 0 amide bonds. The van der Waals surface area contributed by atoms with E-state index in [2.05, 4.69) is 0 Å². The number of benzene rings is 2. The lowest BCUT2D eigenvalue weighted by Crippen LogP contribution is -2.15. The zero-order valence-electron chi connectivity index (χ0n) is 12.4. The SMILES string of the molecule is Cc1ccc(C(=O)C(=O)c2ccccc2-c2cccs2)cc1F. The van der Waals surface area contributed by atoms with Gasteiger partial charge in [0, 0.05) is 21.6 Å². The summed E-state index contributed by atoms with van der Waals surface area (Å²) in [5, 5.41) is 1.91. The van der Waals surface area contributed by atoms with Gasteiger partial charge in [-0.25, -0.2) is 4.39 Å². The Bertz CT molecular complexity index is 882. The first-order valence-corrected chi connectivity index (χ1v) is 7.94. The van der Waals surface area contributed by atoms with Crippen molar-refractivity contribution in [3.05, 3.63) is 82.5 Å². The van der Waals surface area contributed by atoms with Gasteiger partial charge < -0.3 is 0 Å². The molecule has 3 rings (SSSR count). The van der Waals surface area contributed by atoms with E-state index >= 15 is 0 Å². The highest BCUT2D eigenvalue weighted by Crippen LogP contribution is 2.28. The van der Waals surface area contributed by atoms with Crippen LogP contribution >= 0.6 is 11.3 Å². The van der Waals surface area contributed by atoms with Gasteiger partial charge in [0.2, 0.25) is 11.6 Å². The molecular weight excluding hydrogens is 311 g/mol. The molecule has 0 aliphatic rings. The molecule has 0 saturated carbocycles. The molecule has 2 nitrogen and oxygen atoms in total. The summed E-state index contributed by atoms with van der Waals surface area (Å²) in [5.41, 5.74) is 1.56. The van der Waals surface area contributed by atoms with Crippen LogP contribution in [0.5, 0.6) is 0 Å². The van der Waals surface area contributed by atoms with Crippen molar-refractivity contribution in [1.82, 2.24) is 0 Å². The molecule has 0 spiro atoms. The number of carbonyl (C=O) groups excluding carboxylic acids is 2. The second-order valence-electron chi connectivity index (χ2n) is 5.15. The minimum atomic E-state index is -0.701. The fourth-order valence-corrected chi connectivity index (χ4v) is 3.08. The van der Waals surface area contributed by atoms with Crippen molar-refractivity contribution in [2.24, 2.45) is 0 Å². The van der Waals surface area contributed by atoms with Crippen molar-refractivity contribution in [2.75, 3.05) is 0 Å². The topological polar surface area (TPSA) is 34.1 Å². The first-order valence-electron chi connectivity index (χ1n) is 7.06. The lowest BCUT2D eigenvalue weighted by Gasteiger charge is -2.07. The standard InChI is InChI=1S/C19H13FO2S/c1-12-8-9-13(11-16(12)20)18(21)19(22)15-6-3-2-5-14(15)17-7-4-10-23-17/h2-11H,1H3. The Kier molecular flexibility index (Phi) is 4.17. The fourth-order valence-electron chi connectivity index (χ4n) is 2.32. The third kappa shape index (κ3) is 2.98. The third-order valence-electron chi connectivity index (χ3n) is 3.60. The smallest absolute Gasteiger partial charge is 0.234 e. The summed E-state index contributed by atoms with van der Waals surface area (Å²) in [6.07, 6.45) is 0. The molecule has 0 atom stereocenters. The van der Waals surface area contributed by atoms with Gasteiger partial charge in [0.15, 0.2) is 0 Å². The van der Waals surface area contributed by atoms with Gasteiger partial charge in [-0.3, -0.25) is 9.59 Å². The van der Waals surface area contributed by atoms with E-state index in [1.807, 2.05) is 29.6 Å². The molecule has 0 fully saturated rings. The zero-order chi connectivity index (χ0) is 16.4. The fraction of sp³-hybridized carbons (Fsp3) is 0.0526. The van der Waals surface area contributed by atoms with E-state index in [1.165, 1.54) is 23.5 Å². The van der Waals surface area contributed by atoms with Crippen LogP contribution in [0.1, 0.15) is 26.3 Å². The molecule has 0 aliphatic carbocycles. The molecule has 2 aromatic carbocycles. The minimum Gasteiger partial charge on any atom is -0.285 e. The molecule has 23 heavy (non-hydrogen) atoms. The van der Waals surface area contributed by atoms with Gasteiger partial charge in [-0.1, -0.05) is 42.5 Å². The average Bonchev–Trinajstić information content (AvgIpc) is 3.10. The van der Waals surface area contributed by atoms with Gasteiger partial charge in [0.05, 0.1) is 0 Å². The zero-order valence-corrected chi connectivity index (χ0v) is 13.2.